The molecule has 0 fully saturated rings. The molecule has 0 saturated heterocycles. The maximum absolute atomic E-state index is 13.1. The van der Waals surface area contributed by atoms with Crippen molar-refractivity contribution in [1.82, 2.24) is 4.98 Å². The zero-order valence-corrected chi connectivity index (χ0v) is 18.1. The van der Waals surface area contributed by atoms with E-state index in [4.69, 9.17) is 4.74 Å². The molecule has 1 aliphatic heterocycles. The standard InChI is InChI=1S/C20H15F3N4O3S2/c1-12-11-27(16-4-2-14(20(21,22)23)8-13(16)10-24)17-5-3-15(9-18(17)30-12)32(28,29)26-19-25-6-7-31-19/h2-9,12H,11H2,1H3,(H,25,26). The van der Waals surface area contributed by atoms with Crippen molar-refractivity contribution in [1.29, 1.82) is 5.26 Å². The minimum atomic E-state index is -4.58. The Hall–Kier alpha value is -3.30. The highest BCUT2D eigenvalue weighted by atomic mass is 32.2. The first-order chi connectivity index (χ1) is 15.1. The molecule has 7 nitrogen and oxygen atoms in total. The van der Waals surface area contributed by atoms with Crippen LogP contribution in [0.15, 0.2) is 52.9 Å². The van der Waals surface area contributed by atoms with Crippen molar-refractivity contribution in [3.8, 4) is 11.8 Å². The van der Waals surface area contributed by atoms with Crippen LogP contribution in [0.25, 0.3) is 0 Å². The minimum absolute atomic E-state index is 0.0616. The van der Waals surface area contributed by atoms with Gasteiger partial charge in [0.05, 0.1) is 33.9 Å². The number of hydrogen-bond acceptors (Lipinski definition) is 7. The van der Waals surface area contributed by atoms with Crippen molar-refractivity contribution in [2.24, 2.45) is 0 Å². The van der Waals surface area contributed by atoms with Gasteiger partial charge in [0.1, 0.15) is 17.9 Å². The summed E-state index contributed by atoms with van der Waals surface area (Å²) in [5, 5.41) is 11.3. The van der Waals surface area contributed by atoms with Gasteiger partial charge in [0.25, 0.3) is 10.0 Å². The van der Waals surface area contributed by atoms with Crippen LogP contribution in [0.3, 0.4) is 0 Å². The summed E-state index contributed by atoms with van der Waals surface area (Å²) < 4.78 is 72.7. The fourth-order valence-corrected chi connectivity index (χ4v) is 5.11. The van der Waals surface area contributed by atoms with Gasteiger partial charge in [0, 0.05) is 17.6 Å². The minimum Gasteiger partial charge on any atom is -0.487 e. The number of rotatable bonds is 4. The third-order valence-corrected chi connectivity index (χ3v) is 6.84. The van der Waals surface area contributed by atoms with Crippen LogP contribution in [0.2, 0.25) is 0 Å². The van der Waals surface area contributed by atoms with Crippen LogP contribution in [0, 0.1) is 11.3 Å². The average molecular weight is 480 g/mol. The van der Waals surface area contributed by atoms with Crippen molar-refractivity contribution in [2.45, 2.75) is 24.1 Å². The lowest BCUT2D eigenvalue weighted by Gasteiger charge is -2.35. The Morgan fingerprint density at radius 1 is 1.25 bits per heavy atom. The fraction of sp³-hybridized carbons (Fsp3) is 0.200. The van der Waals surface area contributed by atoms with Gasteiger partial charge < -0.3 is 9.64 Å². The smallest absolute Gasteiger partial charge is 0.416 e. The number of aromatic nitrogens is 1. The quantitative estimate of drug-likeness (QED) is 0.579. The summed E-state index contributed by atoms with van der Waals surface area (Å²) in [6.07, 6.45) is -3.52. The van der Waals surface area contributed by atoms with Crippen LogP contribution in [-0.4, -0.2) is 26.1 Å². The van der Waals surface area contributed by atoms with E-state index in [9.17, 15) is 26.9 Å². The second kappa shape index (κ2) is 7.99. The largest absolute Gasteiger partial charge is 0.487 e. The molecule has 12 heteroatoms. The Morgan fingerprint density at radius 3 is 2.66 bits per heavy atom. The molecule has 0 spiro atoms. The molecule has 1 aromatic heterocycles. The maximum Gasteiger partial charge on any atom is 0.416 e. The van der Waals surface area contributed by atoms with Crippen LogP contribution in [0.1, 0.15) is 18.1 Å². The number of nitrogens with one attached hydrogen (secondary N) is 1. The van der Waals surface area contributed by atoms with Gasteiger partial charge in [-0.1, -0.05) is 0 Å². The van der Waals surface area contributed by atoms with E-state index in [-0.39, 0.29) is 33.6 Å². The van der Waals surface area contributed by atoms with Crippen molar-refractivity contribution in [3.63, 3.8) is 0 Å². The number of nitriles is 1. The number of alkyl halides is 3. The Morgan fingerprint density at radius 2 is 2.00 bits per heavy atom. The number of halogens is 3. The third-order valence-electron chi connectivity index (χ3n) is 4.69. The molecular formula is C20H15F3N4O3S2. The molecule has 0 amide bonds. The van der Waals surface area contributed by atoms with Crippen molar-refractivity contribution in [2.75, 3.05) is 16.2 Å². The summed E-state index contributed by atoms with van der Waals surface area (Å²) in [4.78, 5) is 5.48. The summed E-state index contributed by atoms with van der Waals surface area (Å²) >= 11 is 1.13. The van der Waals surface area contributed by atoms with E-state index >= 15 is 0 Å². The summed E-state index contributed by atoms with van der Waals surface area (Å²) in [7, 11) is -3.93. The molecule has 166 valence electrons. The van der Waals surface area contributed by atoms with Crippen molar-refractivity contribution >= 4 is 37.9 Å². The Balaban J connectivity index is 1.74. The summed E-state index contributed by atoms with van der Waals surface area (Å²) in [5.41, 5.74) is -0.364. The normalized spacial score (nSPS) is 16.1. The zero-order chi connectivity index (χ0) is 23.1. The number of anilines is 3. The second-order valence-corrected chi connectivity index (χ2v) is 9.53. The van der Waals surface area contributed by atoms with Gasteiger partial charge in [-0.2, -0.15) is 18.4 Å². The summed E-state index contributed by atoms with van der Waals surface area (Å²) in [6, 6.07) is 8.95. The predicted molar refractivity (Wildman–Crippen MR) is 113 cm³/mol. The summed E-state index contributed by atoms with van der Waals surface area (Å²) in [5.74, 6) is 0.231. The van der Waals surface area contributed by atoms with Crippen LogP contribution >= 0.6 is 11.3 Å². The van der Waals surface area contributed by atoms with Crippen molar-refractivity contribution < 1.29 is 26.3 Å². The average Bonchev–Trinajstić information content (AvgIpc) is 3.23. The molecule has 1 aliphatic rings. The van der Waals surface area contributed by atoms with E-state index in [1.54, 1.807) is 17.2 Å². The van der Waals surface area contributed by atoms with Gasteiger partial charge in [-0.15, -0.1) is 11.3 Å². The highest BCUT2D eigenvalue weighted by Gasteiger charge is 2.33. The van der Waals surface area contributed by atoms with Crippen LogP contribution in [0.4, 0.5) is 29.7 Å². The number of benzene rings is 2. The first-order valence-electron chi connectivity index (χ1n) is 9.20. The number of fused-ring (bicyclic) bond motifs is 1. The van der Waals surface area contributed by atoms with Crippen LogP contribution in [-0.2, 0) is 16.2 Å². The fourth-order valence-electron chi connectivity index (χ4n) is 3.30. The first-order valence-corrected chi connectivity index (χ1v) is 11.6. The Labute approximate surface area is 185 Å². The molecular weight excluding hydrogens is 465 g/mol. The predicted octanol–water partition coefficient (Wildman–Crippen LogP) is 4.75. The van der Waals surface area contributed by atoms with Gasteiger partial charge in [0.15, 0.2) is 5.13 Å². The van der Waals surface area contributed by atoms with E-state index in [1.165, 1.54) is 30.5 Å². The SMILES string of the molecule is CC1CN(c2ccc(C(F)(F)F)cc2C#N)c2ccc(S(=O)(=O)Nc3nccs3)cc2O1. The molecule has 32 heavy (non-hydrogen) atoms. The molecule has 1 unspecified atom stereocenters. The number of sulfonamides is 1. The van der Waals surface area contributed by atoms with E-state index in [0.29, 0.717) is 5.69 Å². The zero-order valence-electron chi connectivity index (χ0n) is 16.4. The van der Waals surface area contributed by atoms with Gasteiger partial charge in [-0.25, -0.2) is 13.4 Å². The number of hydrogen-bond donors (Lipinski definition) is 1. The van der Waals surface area contributed by atoms with Crippen molar-refractivity contribution in [3.05, 3.63) is 59.1 Å². The molecule has 1 atom stereocenters. The molecule has 3 aromatic rings. The van der Waals surface area contributed by atoms with Crippen LogP contribution in [0.5, 0.6) is 5.75 Å². The molecule has 0 bridgehead atoms. The van der Waals surface area contributed by atoms with E-state index in [0.717, 1.165) is 23.5 Å². The van der Waals surface area contributed by atoms with Gasteiger partial charge in [-0.3, -0.25) is 4.72 Å². The molecule has 2 aromatic carbocycles. The first kappa shape index (κ1) is 21.9. The maximum atomic E-state index is 13.1. The molecule has 2 heterocycles. The summed E-state index contributed by atoms with van der Waals surface area (Å²) in [6.45, 7) is 2.00. The third kappa shape index (κ3) is 4.21. The van der Waals surface area contributed by atoms with Crippen LogP contribution < -0.4 is 14.4 Å². The molecule has 0 radical (unpaired) electrons. The lowest BCUT2D eigenvalue weighted by Crippen LogP contribution is -2.35. The monoisotopic (exact) mass is 480 g/mol. The van der Waals surface area contributed by atoms with E-state index < -0.39 is 27.9 Å². The highest BCUT2D eigenvalue weighted by Crippen LogP contribution is 2.42. The Kier molecular flexibility index (Phi) is 5.47. The molecule has 0 aliphatic carbocycles. The van der Waals surface area contributed by atoms with Gasteiger partial charge in [0.2, 0.25) is 0 Å². The molecule has 0 saturated carbocycles. The number of nitrogens with zero attached hydrogens (tertiary/aromatic N) is 3. The Bertz CT molecular complexity index is 1300. The van der Waals surface area contributed by atoms with Gasteiger partial charge in [-0.05, 0) is 37.3 Å². The molecule has 4 rings (SSSR count). The number of ether oxygens (including phenoxy) is 1. The lowest BCUT2D eigenvalue weighted by atomic mass is 10.1. The lowest BCUT2D eigenvalue weighted by molar-refractivity contribution is -0.137. The highest BCUT2D eigenvalue weighted by molar-refractivity contribution is 7.93. The topological polar surface area (TPSA) is 95.3 Å². The van der Waals surface area contributed by atoms with Gasteiger partial charge >= 0.3 is 6.18 Å². The number of thiazole rings is 1. The second-order valence-electron chi connectivity index (χ2n) is 6.95. The molecule has 1 N–H and O–H groups in total. The van der Waals surface area contributed by atoms with E-state index in [2.05, 4.69) is 9.71 Å². The van der Waals surface area contributed by atoms with E-state index in [1.807, 2.05) is 6.07 Å².